The summed E-state index contributed by atoms with van der Waals surface area (Å²) in [6.07, 6.45) is -0.122. The van der Waals surface area contributed by atoms with E-state index in [0.29, 0.717) is 18.0 Å². The molecule has 174 valence electrons. The molecular formula is C25H23N3O5S. The predicted molar refractivity (Wildman–Crippen MR) is 126 cm³/mol. The third-order valence-electron chi connectivity index (χ3n) is 6.36. The first-order chi connectivity index (χ1) is 16.4. The first-order valence-corrected chi connectivity index (χ1v) is 11.9. The van der Waals surface area contributed by atoms with Crippen LogP contribution in [0.3, 0.4) is 0 Å². The molecule has 9 heteroatoms. The number of thiazole rings is 1. The molecule has 5 rings (SSSR count). The molecule has 2 aromatic carbocycles. The van der Waals surface area contributed by atoms with Gasteiger partial charge in [0.15, 0.2) is 0 Å². The molecule has 0 saturated carbocycles. The van der Waals surface area contributed by atoms with E-state index in [-0.39, 0.29) is 18.2 Å². The van der Waals surface area contributed by atoms with Crippen LogP contribution >= 0.6 is 11.3 Å². The lowest BCUT2D eigenvalue weighted by Gasteiger charge is -2.37. The van der Waals surface area contributed by atoms with E-state index in [1.165, 1.54) is 16.2 Å². The molecule has 1 aliphatic heterocycles. The van der Waals surface area contributed by atoms with Crippen LogP contribution in [-0.2, 0) is 9.53 Å². The first-order valence-electron chi connectivity index (χ1n) is 11.0. The Balaban J connectivity index is 1.20. The number of hydrogen-bond donors (Lipinski definition) is 2. The quantitative estimate of drug-likeness (QED) is 0.555. The van der Waals surface area contributed by atoms with Gasteiger partial charge in [0.2, 0.25) is 0 Å². The van der Waals surface area contributed by atoms with Crippen molar-refractivity contribution in [3.63, 3.8) is 0 Å². The molecule has 3 aromatic rings. The number of alkyl carbamates (subject to hydrolysis) is 1. The van der Waals surface area contributed by atoms with Crippen molar-refractivity contribution in [1.82, 2.24) is 15.2 Å². The Morgan fingerprint density at radius 1 is 1.15 bits per heavy atom. The van der Waals surface area contributed by atoms with E-state index in [0.717, 1.165) is 22.3 Å². The number of likely N-dealkylation sites (tertiary alicyclic amines) is 1. The van der Waals surface area contributed by atoms with Crippen LogP contribution < -0.4 is 5.32 Å². The second-order valence-electron chi connectivity index (χ2n) is 8.40. The lowest BCUT2D eigenvalue weighted by atomic mass is 9.98. The van der Waals surface area contributed by atoms with Gasteiger partial charge < -0.3 is 20.1 Å². The summed E-state index contributed by atoms with van der Waals surface area (Å²) in [5.41, 5.74) is 4.78. The first kappa shape index (κ1) is 22.1. The average Bonchev–Trinajstić information content (AvgIpc) is 3.40. The van der Waals surface area contributed by atoms with Crippen LogP contribution in [0, 0.1) is 0 Å². The minimum absolute atomic E-state index is 0.0312. The molecule has 8 nitrogen and oxygen atoms in total. The van der Waals surface area contributed by atoms with Crippen LogP contribution in [0.15, 0.2) is 53.9 Å². The molecule has 0 spiro atoms. The van der Waals surface area contributed by atoms with E-state index in [2.05, 4.69) is 34.6 Å². The van der Waals surface area contributed by atoms with E-state index in [4.69, 9.17) is 9.84 Å². The molecule has 1 saturated heterocycles. The minimum atomic E-state index is -1.01. The van der Waals surface area contributed by atoms with E-state index in [1.807, 2.05) is 24.3 Å². The van der Waals surface area contributed by atoms with Gasteiger partial charge in [0.05, 0.1) is 6.04 Å². The number of aromatic nitrogens is 1. The van der Waals surface area contributed by atoms with Gasteiger partial charge in [0.25, 0.3) is 5.91 Å². The number of hydrogen-bond acceptors (Lipinski definition) is 6. The van der Waals surface area contributed by atoms with Gasteiger partial charge in [-0.1, -0.05) is 48.5 Å². The van der Waals surface area contributed by atoms with Crippen molar-refractivity contribution in [2.75, 3.05) is 13.2 Å². The fraction of sp³-hybridized carbons (Fsp3) is 0.280. The number of nitrogens with one attached hydrogen (secondary N) is 1. The zero-order valence-electron chi connectivity index (χ0n) is 18.4. The maximum Gasteiger partial charge on any atom is 0.407 e. The van der Waals surface area contributed by atoms with Crippen LogP contribution in [0.4, 0.5) is 4.79 Å². The molecule has 2 amide bonds. The molecule has 2 atom stereocenters. The number of carbonyl (C=O) groups is 3. The molecule has 2 unspecified atom stereocenters. The molecule has 1 aromatic heterocycles. The topological polar surface area (TPSA) is 109 Å². The van der Waals surface area contributed by atoms with Gasteiger partial charge in [0.1, 0.15) is 23.4 Å². The number of amides is 2. The maximum absolute atomic E-state index is 12.5. The lowest BCUT2D eigenvalue weighted by Crippen LogP contribution is -2.55. The van der Waals surface area contributed by atoms with Gasteiger partial charge >= 0.3 is 12.1 Å². The number of aliphatic carboxylic acids is 1. The summed E-state index contributed by atoms with van der Waals surface area (Å²) in [7, 11) is 0. The number of ether oxygens (including phenoxy) is 1. The zero-order chi connectivity index (χ0) is 23.8. The fourth-order valence-corrected chi connectivity index (χ4v) is 5.30. The predicted octanol–water partition coefficient (Wildman–Crippen LogP) is 4.04. The number of rotatable bonds is 6. The summed E-state index contributed by atoms with van der Waals surface area (Å²) in [5.74, 6) is -1.45. The molecule has 2 N–H and O–H groups in total. The summed E-state index contributed by atoms with van der Waals surface area (Å²) in [6, 6.07) is 15.0. The second-order valence-corrected chi connectivity index (χ2v) is 9.29. The third kappa shape index (κ3) is 3.92. The third-order valence-corrected chi connectivity index (χ3v) is 7.38. The Bertz CT molecular complexity index is 1230. The molecule has 0 bridgehead atoms. The highest BCUT2D eigenvalue weighted by Gasteiger charge is 2.39. The monoisotopic (exact) mass is 477 g/mol. The standard InChI is InChI=1S/C25H23N3O5S/c1-14(22-27-20(13-34-22)23(29)28-11-10-21(28)24(30)31)26-25(32)33-12-19-17-8-4-2-6-15(17)16-7-3-5-9-18(16)19/h2-9,13-14,19,21H,10-12H2,1H3,(H,26,32)(H,30,31). The van der Waals surface area contributed by atoms with Crippen molar-refractivity contribution in [1.29, 1.82) is 0 Å². The van der Waals surface area contributed by atoms with Gasteiger partial charge in [-0.2, -0.15) is 0 Å². The number of benzene rings is 2. The largest absolute Gasteiger partial charge is 0.480 e. The van der Waals surface area contributed by atoms with E-state index in [1.54, 1.807) is 12.3 Å². The van der Waals surface area contributed by atoms with Crippen LogP contribution in [0.1, 0.15) is 51.9 Å². The SMILES string of the molecule is CC(NC(=O)OCC1c2ccccc2-c2ccccc21)c1nc(C(=O)N2CCC2C(=O)O)cs1. The number of carboxylic acids is 1. The smallest absolute Gasteiger partial charge is 0.407 e. The molecule has 2 heterocycles. The lowest BCUT2D eigenvalue weighted by molar-refractivity contribution is -0.146. The van der Waals surface area contributed by atoms with Crippen LogP contribution in [0.5, 0.6) is 0 Å². The molecule has 1 aliphatic carbocycles. The highest BCUT2D eigenvalue weighted by atomic mass is 32.1. The van der Waals surface area contributed by atoms with Crippen LogP contribution in [-0.4, -0.2) is 52.2 Å². The van der Waals surface area contributed by atoms with Crippen molar-refractivity contribution in [2.24, 2.45) is 0 Å². The minimum Gasteiger partial charge on any atom is -0.480 e. The summed E-state index contributed by atoms with van der Waals surface area (Å²) in [6.45, 7) is 2.37. The van der Waals surface area contributed by atoms with Gasteiger partial charge in [-0.3, -0.25) is 4.79 Å². The van der Waals surface area contributed by atoms with E-state index >= 15 is 0 Å². The highest BCUT2D eigenvalue weighted by molar-refractivity contribution is 7.09. The second kappa shape index (κ2) is 8.90. The summed E-state index contributed by atoms with van der Waals surface area (Å²) < 4.78 is 5.58. The highest BCUT2D eigenvalue weighted by Crippen LogP contribution is 2.44. The molecule has 1 fully saturated rings. The summed E-state index contributed by atoms with van der Waals surface area (Å²) >= 11 is 1.24. The van der Waals surface area contributed by atoms with Gasteiger partial charge in [0, 0.05) is 17.8 Å². The summed E-state index contributed by atoms with van der Waals surface area (Å²) in [4.78, 5) is 41.9. The normalized spacial score (nSPS) is 17.3. The molecule has 0 radical (unpaired) electrons. The van der Waals surface area contributed by atoms with Crippen molar-refractivity contribution in [2.45, 2.75) is 31.3 Å². The number of carbonyl (C=O) groups excluding carboxylic acids is 2. The number of carboxylic acid groups (broad SMARTS) is 1. The van der Waals surface area contributed by atoms with Gasteiger partial charge in [-0.05, 0) is 35.6 Å². The van der Waals surface area contributed by atoms with Crippen molar-refractivity contribution >= 4 is 29.3 Å². The van der Waals surface area contributed by atoms with Gasteiger partial charge in [-0.25, -0.2) is 14.6 Å². The average molecular weight is 478 g/mol. The summed E-state index contributed by atoms with van der Waals surface area (Å²) in [5, 5.41) is 14.1. The zero-order valence-corrected chi connectivity index (χ0v) is 19.2. The van der Waals surface area contributed by atoms with E-state index < -0.39 is 30.1 Å². The molecular weight excluding hydrogens is 454 g/mol. The maximum atomic E-state index is 12.5. The Morgan fingerprint density at radius 3 is 2.38 bits per heavy atom. The number of fused-ring (bicyclic) bond motifs is 3. The Labute approximate surface area is 200 Å². The van der Waals surface area contributed by atoms with Crippen molar-refractivity contribution < 1.29 is 24.2 Å². The number of nitrogens with zero attached hydrogens (tertiary/aromatic N) is 2. The van der Waals surface area contributed by atoms with Crippen LogP contribution in [0.2, 0.25) is 0 Å². The Hall–Kier alpha value is -3.72. The fourth-order valence-electron chi connectivity index (χ4n) is 4.50. The van der Waals surface area contributed by atoms with Gasteiger partial charge in [-0.15, -0.1) is 11.3 Å². The molecule has 34 heavy (non-hydrogen) atoms. The Kier molecular flexibility index (Phi) is 5.79. The Morgan fingerprint density at radius 2 is 1.79 bits per heavy atom. The van der Waals surface area contributed by atoms with E-state index in [9.17, 15) is 14.4 Å². The van der Waals surface area contributed by atoms with Crippen LogP contribution in [0.25, 0.3) is 11.1 Å². The van der Waals surface area contributed by atoms with Crippen molar-refractivity contribution in [3.8, 4) is 11.1 Å². The van der Waals surface area contributed by atoms with Crippen molar-refractivity contribution in [3.05, 3.63) is 75.7 Å². The molecule has 2 aliphatic rings.